The number of benzene rings is 2. The highest BCUT2D eigenvalue weighted by atomic mass is 32.2. The van der Waals surface area contributed by atoms with Gasteiger partial charge in [-0.15, -0.1) is 17.9 Å². The number of nitrogens with zero attached hydrogens (tertiary/aromatic N) is 2. The van der Waals surface area contributed by atoms with Gasteiger partial charge in [-0.1, -0.05) is 59.8 Å². The van der Waals surface area contributed by atoms with Crippen LogP contribution in [0, 0.1) is 6.92 Å². The molecule has 10 heteroatoms. The molecule has 0 aliphatic carbocycles. The standard InChI is InChI=1S/C26H22F3N3O2S2/c1-4-13-32-24(34)21-18(17-11-9-15(2)10-12-17)14-35-23(21)31-25(32)36-16(3)22(33)30-20-8-6-5-7-19(20)26(27,28)29/h4-12,14,16H,1,13H2,2-3H3,(H,30,33). The number of hydrogen-bond donors (Lipinski definition) is 1. The van der Waals surface area contributed by atoms with E-state index in [-0.39, 0.29) is 22.9 Å². The van der Waals surface area contributed by atoms with Gasteiger partial charge >= 0.3 is 6.18 Å². The Kier molecular flexibility index (Phi) is 7.37. The maximum atomic E-state index is 13.5. The molecule has 1 atom stereocenters. The van der Waals surface area contributed by atoms with Gasteiger partial charge < -0.3 is 5.32 Å². The van der Waals surface area contributed by atoms with Crippen LogP contribution in [0.5, 0.6) is 0 Å². The smallest absolute Gasteiger partial charge is 0.325 e. The van der Waals surface area contributed by atoms with E-state index in [0.29, 0.717) is 10.2 Å². The summed E-state index contributed by atoms with van der Waals surface area (Å²) in [6, 6.07) is 12.6. The molecule has 0 bridgehead atoms. The van der Waals surface area contributed by atoms with Crippen LogP contribution < -0.4 is 10.9 Å². The number of nitrogens with one attached hydrogen (secondary N) is 1. The Labute approximate surface area is 213 Å². The molecule has 36 heavy (non-hydrogen) atoms. The van der Waals surface area contributed by atoms with Crippen LogP contribution in [0.4, 0.5) is 18.9 Å². The molecule has 0 radical (unpaired) electrons. The molecule has 2 heterocycles. The van der Waals surface area contributed by atoms with Crippen molar-refractivity contribution in [3.8, 4) is 11.1 Å². The van der Waals surface area contributed by atoms with E-state index in [1.165, 1.54) is 34.1 Å². The highest BCUT2D eigenvalue weighted by Gasteiger charge is 2.34. The van der Waals surface area contributed by atoms with E-state index < -0.39 is 22.9 Å². The van der Waals surface area contributed by atoms with Crippen LogP contribution in [0.3, 0.4) is 0 Å². The first-order valence-electron chi connectivity index (χ1n) is 10.9. The Balaban J connectivity index is 1.67. The average molecular weight is 530 g/mol. The first-order valence-corrected chi connectivity index (χ1v) is 12.7. The van der Waals surface area contributed by atoms with Gasteiger partial charge in [0.05, 0.1) is 21.9 Å². The average Bonchev–Trinajstić information content (AvgIpc) is 3.25. The van der Waals surface area contributed by atoms with Gasteiger partial charge in [0.1, 0.15) is 4.83 Å². The molecule has 0 spiro atoms. The number of rotatable bonds is 7. The zero-order chi connectivity index (χ0) is 26.0. The molecule has 1 amide bonds. The van der Waals surface area contributed by atoms with Crippen LogP contribution in [-0.4, -0.2) is 20.7 Å². The van der Waals surface area contributed by atoms with Gasteiger partial charge in [-0.05, 0) is 31.5 Å². The minimum Gasteiger partial charge on any atom is -0.325 e. The Morgan fingerprint density at radius 2 is 1.92 bits per heavy atom. The lowest BCUT2D eigenvalue weighted by molar-refractivity contribution is -0.137. The van der Waals surface area contributed by atoms with Gasteiger partial charge in [-0.2, -0.15) is 13.2 Å². The number of aryl methyl sites for hydroxylation is 1. The van der Waals surface area contributed by atoms with E-state index in [4.69, 9.17) is 0 Å². The zero-order valence-electron chi connectivity index (χ0n) is 19.4. The first kappa shape index (κ1) is 25.7. The molecule has 0 fully saturated rings. The minimum absolute atomic E-state index is 0.165. The summed E-state index contributed by atoms with van der Waals surface area (Å²) in [7, 11) is 0. The van der Waals surface area contributed by atoms with Gasteiger partial charge in [0, 0.05) is 17.5 Å². The second-order valence-electron chi connectivity index (χ2n) is 8.09. The van der Waals surface area contributed by atoms with Crippen molar-refractivity contribution in [3.05, 3.63) is 88.0 Å². The number of aromatic nitrogens is 2. The Hall–Kier alpha value is -3.37. The number of fused-ring (bicyclic) bond motifs is 1. The predicted molar refractivity (Wildman–Crippen MR) is 140 cm³/mol. The van der Waals surface area contributed by atoms with Crippen LogP contribution >= 0.6 is 23.1 Å². The summed E-state index contributed by atoms with van der Waals surface area (Å²) in [5, 5.41) is 4.17. The molecule has 1 N–H and O–H groups in total. The number of para-hydroxylation sites is 1. The number of carbonyl (C=O) groups is 1. The molecule has 4 aromatic rings. The fourth-order valence-electron chi connectivity index (χ4n) is 3.62. The normalized spacial score (nSPS) is 12.5. The van der Waals surface area contributed by atoms with Gasteiger partial charge in [0.15, 0.2) is 5.16 Å². The fourth-order valence-corrected chi connectivity index (χ4v) is 5.52. The molecule has 5 nitrogen and oxygen atoms in total. The molecular formula is C26H22F3N3O2S2. The van der Waals surface area contributed by atoms with E-state index >= 15 is 0 Å². The van der Waals surface area contributed by atoms with E-state index in [0.717, 1.165) is 34.5 Å². The summed E-state index contributed by atoms with van der Waals surface area (Å²) >= 11 is 2.33. The van der Waals surface area contributed by atoms with Crippen LogP contribution in [0.2, 0.25) is 0 Å². The largest absolute Gasteiger partial charge is 0.418 e. The number of hydrogen-bond acceptors (Lipinski definition) is 5. The van der Waals surface area contributed by atoms with E-state index in [9.17, 15) is 22.8 Å². The second-order valence-corrected chi connectivity index (χ2v) is 10.3. The SMILES string of the molecule is C=CCn1c(SC(C)C(=O)Nc2ccccc2C(F)(F)F)nc2scc(-c3ccc(C)cc3)c2c1=O. The van der Waals surface area contributed by atoms with Crippen LogP contribution in [-0.2, 0) is 17.5 Å². The monoisotopic (exact) mass is 529 g/mol. The molecule has 186 valence electrons. The summed E-state index contributed by atoms with van der Waals surface area (Å²) in [6.07, 6.45) is -3.05. The maximum Gasteiger partial charge on any atom is 0.418 e. The third kappa shape index (κ3) is 5.24. The maximum absolute atomic E-state index is 13.5. The number of carbonyl (C=O) groups excluding carboxylic acids is 1. The van der Waals surface area contributed by atoms with Gasteiger partial charge in [0.25, 0.3) is 5.56 Å². The van der Waals surface area contributed by atoms with Gasteiger partial charge in [-0.25, -0.2) is 4.98 Å². The zero-order valence-corrected chi connectivity index (χ0v) is 21.1. The molecule has 2 aromatic carbocycles. The van der Waals surface area contributed by atoms with Crippen molar-refractivity contribution in [2.24, 2.45) is 0 Å². The van der Waals surface area contributed by atoms with Crippen LogP contribution in [0.1, 0.15) is 18.1 Å². The number of thiophene rings is 1. The lowest BCUT2D eigenvalue weighted by Crippen LogP contribution is -2.27. The quantitative estimate of drug-likeness (QED) is 0.163. The number of halogens is 3. The third-order valence-electron chi connectivity index (χ3n) is 5.47. The van der Waals surface area contributed by atoms with Crippen molar-refractivity contribution in [1.29, 1.82) is 0 Å². The Bertz CT molecular complexity index is 1490. The molecular weight excluding hydrogens is 507 g/mol. The van der Waals surface area contributed by atoms with Gasteiger partial charge in [-0.3, -0.25) is 14.2 Å². The topological polar surface area (TPSA) is 64.0 Å². The lowest BCUT2D eigenvalue weighted by atomic mass is 10.1. The lowest BCUT2D eigenvalue weighted by Gasteiger charge is -2.17. The minimum atomic E-state index is -4.61. The molecule has 0 aliphatic heterocycles. The molecule has 2 aromatic heterocycles. The number of anilines is 1. The summed E-state index contributed by atoms with van der Waals surface area (Å²) in [5.41, 5.74) is 1.25. The number of amides is 1. The highest BCUT2D eigenvalue weighted by Crippen LogP contribution is 2.36. The van der Waals surface area contributed by atoms with E-state index in [1.54, 1.807) is 13.0 Å². The second kappa shape index (κ2) is 10.3. The highest BCUT2D eigenvalue weighted by molar-refractivity contribution is 8.00. The third-order valence-corrected chi connectivity index (χ3v) is 7.44. The number of thioether (sulfide) groups is 1. The summed E-state index contributed by atoms with van der Waals surface area (Å²) in [5.74, 6) is -0.636. The van der Waals surface area contributed by atoms with Gasteiger partial charge in [0.2, 0.25) is 5.91 Å². The van der Waals surface area contributed by atoms with Crippen molar-refractivity contribution in [3.63, 3.8) is 0 Å². The summed E-state index contributed by atoms with van der Waals surface area (Å²) < 4.78 is 41.4. The van der Waals surface area contributed by atoms with Crippen LogP contribution in [0.15, 0.2) is 76.5 Å². The molecule has 0 saturated carbocycles. The van der Waals surface area contributed by atoms with Crippen molar-refractivity contribution < 1.29 is 18.0 Å². The molecule has 1 unspecified atom stereocenters. The van der Waals surface area contributed by atoms with Crippen molar-refractivity contribution in [2.45, 2.75) is 37.0 Å². The van der Waals surface area contributed by atoms with Crippen molar-refractivity contribution >= 4 is 44.9 Å². The number of allylic oxidation sites excluding steroid dienone is 1. The fraction of sp³-hybridized carbons (Fsp3) is 0.192. The number of alkyl halides is 3. The van der Waals surface area contributed by atoms with Crippen molar-refractivity contribution in [1.82, 2.24) is 9.55 Å². The molecule has 0 aliphatic rings. The van der Waals surface area contributed by atoms with Crippen molar-refractivity contribution in [2.75, 3.05) is 5.32 Å². The molecule has 4 rings (SSSR count). The summed E-state index contributed by atoms with van der Waals surface area (Å²) in [4.78, 5) is 31.5. The first-order chi connectivity index (χ1) is 17.1. The van der Waals surface area contributed by atoms with Crippen LogP contribution in [0.25, 0.3) is 21.3 Å². The Morgan fingerprint density at radius 3 is 2.58 bits per heavy atom. The molecule has 0 saturated heterocycles. The van der Waals surface area contributed by atoms with E-state index in [2.05, 4.69) is 16.9 Å². The van der Waals surface area contributed by atoms with E-state index in [1.807, 2.05) is 36.6 Å². The summed E-state index contributed by atoms with van der Waals surface area (Å²) in [6.45, 7) is 7.42. The Morgan fingerprint density at radius 1 is 1.22 bits per heavy atom. The predicted octanol–water partition coefficient (Wildman–Crippen LogP) is 6.76.